The van der Waals surface area contributed by atoms with Gasteiger partial charge in [0.05, 0.1) is 6.10 Å². The van der Waals surface area contributed by atoms with Gasteiger partial charge in [0.2, 0.25) is 0 Å². The maximum atomic E-state index is 9.32. The second-order valence-corrected chi connectivity index (χ2v) is 3.23. The molecule has 1 heterocycles. The third-order valence-corrected chi connectivity index (χ3v) is 2.17. The molecule has 0 unspecified atom stereocenters. The van der Waals surface area contributed by atoms with Crippen LogP contribution < -0.4 is 4.74 Å². The molecule has 0 aromatic heterocycles. The van der Waals surface area contributed by atoms with Gasteiger partial charge in [-0.25, -0.2) is 0 Å². The molecular weight excluding hydrogens is 152 g/mol. The Hall–Kier alpha value is -1.02. The summed E-state index contributed by atoms with van der Waals surface area (Å²) < 4.78 is 5.42. The summed E-state index contributed by atoms with van der Waals surface area (Å²) in [5.41, 5.74) is 2.27. The van der Waals surface area contributed by atoms with E-state index in [9.17, 15) is 5.11 Å². The number of benzene rings is 1. The Morgan fingerprint density at radius 3 is 3.17 bits per heavy atom. The molecule has 2 heteroatoms. The molecule has 1 aliphatic heterocycles. The molecule has 0 spiro atoms. The standard InChI is InChI=1S/C10H12O2/c1-7-3-2-4-8-5-9(11)6-12-10(7)8/h2-4,9,11H,5-6H2,1H3/t9-/m1/s1. The highest BCUT2D eigenvalue weighted by Crippen LogP contribution is 2.27. The molecule has 1 aromatic rings. The van der Waals surface area contributed by atoms with Crippen LogP contribution in [-0.2, 0) is 6.42 Å². The fourth-order valence-corrected chi connectivity index (χ4v) is 1.57. The number of hydrogen-bond donors (Lipinski definition) is 1. The largest absolute Gasteiger partial charge is 0.490 e. The number of rotatable bonds is 0. The number of fused-ring (bicyclic) bond motifs is 1. The normalized spacial score (nSPS) is 21.3. The van der Waals surface area contributed by atoms with Gasteiger partial charge in [-0.1, -0.05) is 18.2 Å². The summed E-state index contributed by atoms with van der Waals surface area (Å²) in [5, 5.41) is 9.32. The monoisotopic (exact) mass is 164 g/mol. The van der Waals surface area contributed by atoms with Gasteiger partial charge in [0, 0.05) is 6.42 Å². The molecule has 0 aliphatic carbocycles. The molecule has 1 aliphatic rings. The van der Waals surface area contributed by atoms with Crippen LogP contribution in [-0.4, -0.2) is 17.8 Å². The molecule has 0 fully saturated rings. The van der Waals surface area contributed by atoms with Crippen LogP contribution in [0.3, 0.4) is 0 Å². The molecule has 0 saturated heterocycles. The Kier molecular flexibility index (Phi) is 1.77. The Balaban J connectivity index is 2.42. The van der Waals surface area contributed by atoms with E-state index in [2.05, 4.69) is 0 Å². The molecule has 12 heavy (non-hydrogen) atoms. The second kappa shape index (κ2) is 2.79. The van der Waals surface area contributed by atoms with E-state index in [1.165, 1.54) is 0 Å². The van der Waals surface area contributed by atoms with Gasteiger partial charge in [-0.2, -0.15) is 0 Å². The van der Waals surface area contributed by atoms with E-state index in [0.717, 1.165) is 23.3 Å². The van der Waals surface area contributed by atoms with Crippen molar-refractivity contribution in [3.8, 4) is 5.75 Å². The van der Waals surface area contributed by atoms with Crippen LogP contribution in [0.1, 0.15) is 11.1 Å². The van der Waals surface area contributed by atoms with Crippen molar-refractivity contribution in [2.75, 3.05) is 6.61 Å². The third-order valence-electron chi connectivity index (χ3n) is 2.17. The Morgan fingerprint density at radius 2 is 2.33 bits per heavy atom. The highest BCUT2D eigenvalue weighted by atomic mass is 16.5. The second-order valence-electron chi connectivity index (χ2n) is 3.23. The number of aliphatic hydroxyl groups is 1. The van der Waals surface area contributed by atoms with Crippen molar-refractivity contribution in [1.82, 2.24) is 0 Å². The number of aryl methyl sites for hydroxylation is 1. The van der Waals surface area contributed by atoms with Crippen molar-refractivity contribution in [3.05, 3.63) is 29.3 Å². The van der Waals surface area contributed by atoms with Gasteiger partial charge in [0.25, 0.3) is 0 Å². The SMILES string of the molecule is Cc1cccc2c1OC[C@H](O)C2. The van der Waals surface area contributed by atoms with E-state index in [1.807, 2.05) is 25.1 Å². The van der Waals surface area contributed by atoms with E-state index in [-0.39, 0.29) is 6.10 Å². The summed E-state index contributed by atoms with van der Waals surface area (Å²) in [7, 11) is 0. The zero-order chi connectivity index (χ0) is 8.55. The van der Waals surface area contributed by atoms with Crippen LogP contribution in [0.4, 0.5) is 0 Å². The molecule has 1 N–H and O–H groups in total. The first-order chi connectivity index (χ1) is 5.77. The fraction of sp³-hybridized carbons (Fsp3) is 0.400. The van der Waals surface area contributed by atoms with Crippen molar-refractivity contribution in [1.29, 1.82) is 0 Å². The van der Waals surface area contributed by atoms with E-state index in [0.29, 0.717) is 6.61 Å². The molecule has 0 amide bonds. The van der Waals surface area contributed by atoms with Gasteiger partial charge in [-0.15, -0.1) is 0 Å². The van der Waals surface area contributed by atoms with Gasteiger partial charge in [-0.05, 0) is 18.1 Å². The number of hydrogen-bond acceptors (Lipinski definition) is 2. The van der Waals surface area contributed by atoms with Crippen LogP contribution in [0, 0.1) is 6.92 Å². The molecule has 0 radical (unpaired) electrons. The predicted molar refractivity (Wildman–Crippen MR) is 46.4 cm³/mol. The summed E-state index contributed by atoms with van der Waals surface area (Å²) in [6.45, 7) is 2.45. The molecule has 0 bridgehead atoms. The lowest BCUT2D eigenvalue weighted by Crippen LogP contribution is -2.25. The number of ether oxygens (including phenoxy) is 1. The summed E-state index contributed by atoms with van der Waals surface area (Å²) >= 11 is 0. The molecule has 2 nitrogen and oxygen atoms in total. The fourth-order valence-electron chi connectivity index (χ4n) is 1.57. The van der Waals surface area contributed by atoms with Crippen molar-refractivity contribution in [2.24, 2.45) is 0 Å². The van der Waals surface area contributed by atoms with Crippen molar-refractivity contribution < 1.29 is 9.84 Å². The molecular formula is C10H12O2. The van der Waals surface area contributed by atoms with Gasteiger partial charge >= 0.3 is 0 Å². The zero-order valence-corrected chi connectivity index (χ0v) is 7.08. The first-order valence-corrected chi connectivity index (χ1v) is 4.17. The Bertz CT molecular complexity index is 294. The quantitative estimate of drug-likeness (QED) is 0.626. The van der Waals surface area contributed by atoms with Gasteiger partial charge in [-0.3, -0.25) is 0 Å². The highest BCUT2D eigenvalue weighted by Gasteiger charge is 2.18. The van der Waals surface area contributed by atoms with E-state index >= 15 is 0 Å². The van der Waals surface area contributed by atoms with Gasteiger partial charge in [0.1, 0.15) is 12.4 Å². The average Bonchev–Trinajstić information content (AvgIpc) is 2.04. The molecule has 1 atom stereocenters. The lowest BCUT2D eigenvalue weighted by atomic mass is 10.0. The number of para-hydroxylation sites is 1. The first kappa shape index (κ1) is 7.62. The summed E-state index contributed by atoms with van der Waals surface area (Å²) in [6, 6.07) is 6.02. The lowest BCUT2D eigenvalue weighted by molar-refractivity contribution is 0.0916. The minimum atomic E-state index is -0.334. The third kappa shape index (κ3) is 1.18. The van der Waals surface area contributed by atoms with Crippen molar-refractivity contribution in [2.45, 2.75) is 19.4 Å². The highest BCUT2D eigenvalue weighted by molar-refractivity contribution is 5.42. The zero-order valence-electron chi connectivity index (χ0n) is 7.08. The number of aliphatic hydroxyl groups excluding tert-OH is 1. The minimum absolute atomic E-state index is 0.334. The first-order valence-electron chi connectivity index (χ1n) is 4.17. The summed E-state index contributed by atoms with van der Waals surface area (Å²) in [5.74, 6) is 0.961. The van der Waals surface area contributed by atoms with Gasteiger partial charge in [0.15, 0.2) is 0 Å². The van der Waals surface area contributed by atoms with Gasteiger partial charge < -0.3 is 9.84 Å². The van der Waals surface area contributed by atoms with Crippen LogP contribution >= 0.6 is 0 Å². The average molecular weight is 164 g/mol. The minimum Gasteiger partial charge on any atom is -0.490 e. The molecule has 0 saturated carbocycles. The van der Waals surface area contributed by atoms with Crippen LogP contribution in [0.2, 0.25) is 0 Å². The predicted octanol–water partition coefficient (Wildman–Crippen LogP) is 1.29. The van der Waals surface area contributed by atoms with E-state index in [1.54, 1.807) is 0 Å². The topological polar surface area (TPSA) is 29.5 Å². The molecule has 64 valence electrons. The van der Waals surface area contributed by atoms with E-state index in [4.69, 9.17) is 4.74 Å². The molecule has 2 rings (SSSR count). The maximum Gasteiger partial charge on any atom is 0.125 e. The molecule has 1 aromatic carbocycles. The smallest absolute Gasteiger partial charge is 0.125 e. The Morgan fingerprint density at radius 1 is 1.50 bits per heavy atom. The lowest BCUT2D eigenvalue weighted by Gasteiger charge is -2.22. The van der Waals surface area contributed by atoms with Crippen LogP contribution in [0.5, 0.6) is 5.75 Å². The summed E-state index contributed by atoms with van der Waals surface area (Å²) in [6.07, 6.45) is 0.385. The summed E-state index contributed by atoms with van der Waals surface area (Å²) in [4.78, 5) is 0. The van der Waals surface area contributed by atoms with Crippen LogP contribution in [0.25, 0.3) is 0 Å². The van der Waals surface area contributed by atoms with Crippen LogP contribution in [0.15, 0.2) is 18.2 Å². The van der Waals surface area contributed by atoms with Crippen molar-refractivity contribution >= 4 is 0 Å². The Labute approximate surface area is 71.8 Å². The maximum absolute atomic E-state index is 9.32. The van der Waals surface area contributed by atoms with Crippen molar-refractivity contribution in [3.63, 3.8) is 0 Å². The van der Waals surface area contributed by atoms with E-state index < -0.39 is 0 Å².